The molecule has 2 rings (SSSR count). The molecule has 28 heavy (non-hydrogen) atoms. The van der Waals surface area contributed by atoms with Gasteiger partial charge in [0.2, 0.25) is 0 Å². The molecule has 2 N–H and O–H groups in total. The fraction of sp³-hybridized carbons (Fsp3) is 0.500. The lowest BCUT2D eigenvalue weighted by atomic mass is 10.1. The van der Waals surface area contributed by atoms with Crippen LogP contribution in [-0.4, -0.2) is 28.5 Å². The number of hydrogen-bond donors (Lipinski definition) is 2. The summed E-state index contributed by atoms with van der Waals surface area (Å²) in [5.41, 5.74) is 1.81. The largest absolute Gasteiger partial charge is 0.481 e. The van der Waals surface area contributed by atoms with E-state index in [-0.39, 0.29) is 18.1 Å². The highest BCUT2D eigenvalue weighted by Gasteiger charge is 2.12. The molecule has 0 radical (unpaired) electrons. The Labute approximate surface area is 165 Å². The van der Waals surface area contributed by atoms with E-state index in [0.717, 1.165) is 57.1 Å². The molecule has 5 nitrogen and oxygen atoms in total. The minimum atomic E-state index is -0.720. The summed E-state index contributed by atoms with van der Waals surface area (Å²) in [6, 6.07) is 5.99. The van der Waals surface area contributed by atoms with Gasteiger partial charge in [-0.25, -0.2) is 4.39 Å². The van der Waals surface area contributed by atoms with Crippen LogP contribution < -0.4 is 5.32 Å². The third-order valence-electron chi connectivity index (χ3n) is 4.75. The van der Waals surface area contributed by atoms with Crippen LogP contribution in [0.1, 0.15) is 73.8 Å². The first-order chi connectivity index (χ1) is 13.5. The zero-order valence-electron chi connectivity index (χ0n) is 16.5. The highest BCUT2D eigenvalue weighted by molar-refractivity contribution is 6.06. The summed E-state index contributed by atoms with van der Waals surface area (Å²) in [7, 11) is 0. The molecule has 0 aliphatic heterocycles. The van der Waals surface area contributed by atoms with Crippen molar-refractivity contribution in [2.75, 3.05) is 6.54 Å². The van der Waals surface area contributed by atoms with Crippen molar-refractivity contribution in [2.24, 2.45) is 0 Å². The fourth-order valence-corrected chi connectivity index (χ4v) is 3.28. The van der Waals surface area contributed by atoms with Gasteiger partial charge >= 0.3 is 5.97 Å². The number of fused-ring (bicyclic) bond motifs is 1. The van der Waals surface area contributed by atoms with Crippen molar-refractivity contribution >= 4 is 22.8 Å². The lowest BCUT2D eigenvalue weighted by Crippen LogP contribution is -2.25. The van der Waals surface area contributed by atoms with Crippen LogP contribution in [0.5, 0.6) is 0 Å². The Morgan fingerprint density at radius 1 is 1.00 bits per heavy atom. The van der Waals surface area contributed by atoms with Crippen molar-refractivity contribution in [3.8, 4) is 0 Å². The van der Waals surface area contributed by atoms with E-state index in [1.807, 2.05) is 6.92 Å². The number of aryl methyl sites for hydroxylation is 1. The molecule has 0 bridgehead atoms. The fourth-order valence-electron chi connectivity index (χ4n) is 3.28. The molecule has 0 unspecified atom stereocenters. The number of aliphatic carboxylic acids is 1. The van der Waals surface area contributed by atoms with E-state index in [9.17, 15) is 14.0 Å². The summed E-state index contributed by atoms with van der Waals surface area (Å²) in [4.78, 5) is 27.3. The van der Waals surface area contributed by atoms with Gasteiger partial charge in [0, 0.05) is 24.0 Å². The van der Waals surface area contributed by atoms with Crippen LogP contribution in [0.4, 0.5) is 4.39 Å². The first-order valence-electron chi connectivity index (χ1n) is 10.0. The van der Waals surface area contributed by atoms with Crippen LogP contribution in [-0.2, 0) is 4.79 Å². The van der Waals surface area contributed by atoms with Crippen LogP contribution in [0.15, 0.2) is 24.3 Å². The normalized spacial score (nSPS) is 10.9. The minimum absolute atomic E-state index is 0.195. The Hall–Kier alpha value is -2.50. The molecule has 6 heteroatoms. The number of carboxylic acids is 1. The van der Waals surface area contributed by atoms with Crippen molar-refractivity contribution in [2.45, 2.75) is 64.7 Å². The third kappa shape index (κ3) is 7.25. The number of unbranched alkanes of at least 4 members (excludes halogenated alkanes) is 7. The van der Waals surface area contributed by atoms with Gasteiger partial charge in [-0.1, -0.05) is 38.5 Å². The van der Waals surface area contributed by atoms with Crippen molar-refractivity contribution in [1.29, 1.82) is 0 Å². The van der Waals surface area contributed by atoms with Gasteiger partial charge in [-0.2, -0.15) is 0 Å². The van der Waals surface area contributed by atoms with Crippen LogP contribution in [0.2, 0.25) is 0 Å². The van der Waals surface area contributed by atoms with Gasteiger partial charge < -0.3 is 10.4 Å². The van der Waals surface area contributed by atoms with Crippen LogP contribution in [0, 0.1) is 12.7 Å². The van der Waals surface area contributed by atoms with E-state index in [1.165, 1.54) is 12.1 Å². The third-order valence-corrected chi connectivity index (χ3v) is 4.75. The molecule has 2 aromatic rings. The number of halogens is 1. The quantitative estimate of drug-likeness (QED) is 0.501. The number of benzene rings is 1. The summed E-state index contributed by atoms with van der Waals surface area (Å²) < 4.78 is 13.6. The topological polar surface area (TPSA) is 79.3 Å². The molecule has 0 saturated carbocycles. The van der Waals surface area contributed by atoms with Gasteiger partial charge in [-0.3, -0.25) is 14.6 Å². The molecule has 0 fully saturated rings. The van der Waals surface area contributed by atoms with Gasteiger partial charge in [-0.05, 0) is 44.0 Å². The summed E-state index contributed by atoms with van der Waals surface area (Å²) in [5.74, 6) is -1.29. The monoisotopic (exact) mass is 388 g/mol. The van der Waals surface area contributed by atoms with Gasteiger partial charge in [0.25, 0.3) is 5.91 Å². The Morgan fingerprint density at radius 3 is 2.32 bits per heavy atom. The second kappa shape index (κ2) is 11.4. The highest BCUT2D eigenvalue weighted by atomic mass is 19.1. The maximum absolute atomic E-state index is 13.6. The number of pyridine rings is 1. The molecule has 1 aromatic heterocycles. The lowest BCUT2D eigenvalue weighted by Gasteiger charge is -2.09. The zero-order chi connectivity index (χ0) is 20.4. The summed E-state index contributed by atoms with van der Waals surface area (Å²) in [5, 5.41) is 12.0. The minimum Gasteiger partial charge on any atom is -0.481 e. The molecule has 0 aliphatic rings. The Morgan fingerprint density at radius 2 is 1.64 bits per heavy atom. The lowest BCUT2D eigenvalue weighted by molar-refractivity contribution is -0.137. The number of carbonyl (C=O) groups excluding carboxylic acids is 1. The molecule has 1 amide bonds. The predicted molar refractivity (Wildman–Crippen MR) is 108 cm³/mol. The van der Waals surface area contributed by atoms with Crippen molar-refractivity contribution in [3.05, 3.63) is 41.3 Å². The molecular weight excluding hydrogens is 359 g/mol. The van der Waals surface area contributed by atoms with Crippen molar-refractivity contribution in [3.63, 3.8) is 0 Å². The van der Waals surface area contributed by atoms with Gasteiger partial charge in [0.15, 0.2) is 0 Å². The van der Waals surface area contributed by atoms with E-state index >= 15 is 0 Å². The molecule has 0 saturated heterocycles. The number of nitrogens with one attached hydrogen (secondary N) is 1. The van der Waals surface area contributed by atoms with Crippen LogP contribution in [0.3, 0.4) is 0 Å². The molecule has 1 heterocycles. The van der Waals surface area contributed by atoms with E-state index in [4.69, 9.17) is 5.11 Å². The number of amides is 1. The molecule has 1 aromatic carbocycles. The second-order valence-corrected chi connectivity index (χ2v) is 7.20. The van der Waals surface area contributed by atoms with E-state index in [1.54, 1.807) is 12.1 Å². The van der Waals surface area contributed by atoms with Crippen molar-refractivity contribution < 1.29 is 19.1 Å². The number of carboxylic acid groups (broad SMARTS) is 1. The number of rotatable bonds is 12. The summed E-state index contributed by atoms with van der Waals surface area (Å²) in [6.45, 7) is 2.41. The van der Waals surface area contributed by atoms with E-state index in [0.29, 0.717) is 23.0 Å². The maximum atomic E-state index is 13.6. The Bertz CT molecular complexity index is 808. The maximum Gasteiger partial charge on any atom is 0.303 e. The molecule has 0 atom stereocenters. The predicted octanol–water partition coefficient (Wildman–Crippen LogP) is 5.01. The zero-order valence-corrected chi connectivity index (χ0v) is 16.5. The van der Waals surface area contributed by atoms with Crippen LogP contribution >= 0.6 is 0 Å². The molecular formula is C22H29FN2O3. The van der Waals surface area contributed by atoms with E-state index in [2.05, 4.69) is 10.3 Å². The first-order valence-corrected chi connectivity index (χ1v) is 10.0. The molecule has 152 valence electrons. The van der Waals surface area contributed by atoms with Crippen LogP contribution in [0.25, 0.3) is 10.9 Å². The Kier molecular flexibility index (Phi) is 8.85. The molecule has 0 spiro atoms. The highest BCUT2D eigenvalue weighted by Crippen LogP contribution is 2.20. The average molecular weight is 388 g/mol. The first kappa shape index (κ1) is 21.8. The number of nitrogens with zero attached hydrogens (tertiary/aromatic N) is 1. The molecule has 0 aliphatic carbocycles. The standard InChI is InChI=1S/C22H29FN2O3/c1-16-14-19(18-15-17(23)11-12-20(18)25-16)22(28)24-13-9-7-5-3-2-4-6-8-10-21(26)27/h11-12,14-15H,2-10,13H2,1H3,(H,24,28)(H,26,27). The number of carbonyl (C=O) groups is 2. The van der Waals surface area contributed by atoms with Gasteiger partial charge in [0.05, 0.1) is 11.1 Å². The smallest absolute Gasteiger partial charge is 0.303 e. The number of hydrogen-bond acceptors (Lipinski definition) is 3. The summed E-state index contributed by atoms with van der Waals surface area (Å²) >= 11 is 0. The number of aromatic nitrogens is 1. The van der Waals surface area contributed by atoms with Crippen molar-refractivity contribution in [1.82, 2.24) is 10.3 Å². The summed E-state index contributed by atoms with van der Waals surface area (Å²) in [6.07, 6.45) is 8.39. The second-order valence-electron chi connectivity index (χ2n) is 7.20. The van der Waals surface area contributed by atoms with E-state index < -0.39 is 5.97 Å². The SMILES string of the molecule is Cc1cc(C(=O)NCCCCCCCCCCC(=O)O)c2cc(F)ccc2n1. The van der Waals surface area contributed by atoms with Gasteiger partial charge in [-0.15, -0.1) is 0 Å². The van der Waals surface area contributed by atoms with Gasteiger partial charge in [0.1, 0.15) is 5.82 Å². The average Bonchev–Trinajstić information content (AvgIpc) is 2.65. The Balaban J connectivity index is 1.66.